The molecule has 5 N–H and O–H groups in total. The lowest BCUT2D eigenvalue weighted by atomic mass is 9.51. The molecule has 2 aromatic rings. The summed E-state index contributed by atoms with van der Waals surface area (Å²) in [6.45, 7) is 6.54. The standard InChI is InChI=1S/C39H43NO13/c1-19-25(52-36(48)32(45)30(22-12-8-6-9-13-22)40-35(47)23-14-10-7-11-15-23)17-39(49)34(46)29-27(24(43)16-26-38(29,18-50-26)53-21(3)42)31(44)33(51-20(2)41)28(19)37(39,4)5/h6-15,25-26,29-30,32-34,44-46,49H,16-18H2,1-5H3,(H,40,47)/t25-,26?,29?,30-,32+,33+,34-,38-,39+/m0/s1. The Morgan fingerprint density at radius 3 is 2.15 bits per heavy atom. The van der Waals surface area contributed by atoms with Crippen molar-refractivity contribution in [1.82, 2.24) is 5.32 Å². The molecule has 14 heteroatoms. The number of esters is 3. The third kappa shape index (κ3) is 6.22. The molecule has 1 saturated carbocycles. The lowest BCUT2D eigenvalue weighted by molar-refractivity contribution is -0.299. The van der Waals surface area contributed by atoms with Crippen molar-refractivity contribution in [3.8, 4) is 0 Å². The Morgan fingerprint density at radius 1 is 0.962 bits per heavy atom. The number of nitrogens with one attached hydrogen (secondary N) is 1. The van der Waals surface area contributed by atoms with Crippen molar-refractivity contribution in [1.29, 1.82) is 0 Å². The maximum absolute atomic E-state index is 13.9. The molecule has 1 aliphatic heterocycles. The zero-order chi connectivity index (χ0) is 38.6. The summed E-state index contributed by atoms with van der Waals surface area (Å²) in [5.74, 6) is -6.39. The quantitative estimate of drug-likeness (QED) is 0.150. The molecule has 2 fully saturated rings. The van der Waals surface area contributed by atoms with Crippen LogP contribution in [-0.2, 0) is 38.1 Å². The van der Waals surface area contributed by atoms with E-state index in [1.54, 1.807) is 74.5 Å². The van der Waals surface area contributed by atoms with E-state index < -0.39 is 101 Å². The average molecular weight is 734 g/mol. The highest BCUT2D eigenvalue weighted by atomic mass is 16.6. The number of benzene rings is 2. The predicted octanol–water partition coefficient (Wildman–Crippen LogP) is 2.32. The van der Waals surface area contributed by atoms with E-state index in [1.165, 1.54) is 6.92 Å². The minimum Gasteiger partial charge on any atom is -0.508 e. The minimum atomic E-state index is -2.32. The van der Waals surface area contributed by atoms with Crippen LogP contribution >= 0.6 is 0 Å². The van der Waals surface area contributed by atoms with Gasteiger partial charge in [-0.05, 0) is 35.8 Å². The number of fused-ring (bicyclic) bond motifs is 5. The van der Waals surface area contributed by atoms with Gasteiger partial charge < -0.3 is 44.7 Å². The Hall–Kier alpha value is -4.89. The van der Waals surface area contributed by atoms with Crippen LogP contribution in [0.5, 0.6) is 0 Å². The summed E-state index contributed by atoms with van der Waals surface area (Å²) in [5.41, 5.74) is -5.06. The monoisotopic (exact) mass is 733 g/mol. The van der Waals surface area contributed by atoms with E-state index in [-0.39, 0.29) is 35.3 Å². The van der Waals surface area contributed by atoms with E-state index in [0.717, 1.165) is 13.8 Å². The highest BCUT2D eigenvalue weighted by Gasteiger charge is 2.71. The zero-order valence-electron chi connectivity index (χ0n) is 29.9. The van der Waals surface area contributed by atoms with Gasteiger partial charge in [0.25, 0.3) is 5.91 Å². The van der Waals surface area contributed by atoms with Gasteiger partial charge in [-0.3, -0.25) is 19.2 Å². The van der Waals surface area contributed by atoms with E-state index in [1.807, 2.05) is 0 Å². The van der Waals surface area contributed by atoms with Gasteiger partial charge in [0.1, 0.15) is 23.6 Å². The Morgan fingerprint density at radius 2 is 1.58 bits per heavy atom. The number of amides is 1. The number of aliphatic hydroxyl groups excluding tert-OH is 3. The molecule has 0 spiro atoms. The lowest BCUT2D eigenvalue weighted by Gasteiger charge is -2.62. The third-order valence-electron chi connectivity index (χ3n) is 11.2. The van der Waals surface area contributed by atoms with E-state index >= 15 is 0 Å². The van der Waals surface area contributed by atoms with Crippen LogP contribution in [0.15, 0.2) is 83.1 Å². The molecule has 0 aromatic heterocycles. The largest absolute Gasteiger partial charge is 0.508 e. The maximum Gasteiger partial charge on any atom is 0.338 e. The van der Waals surface area contributed by atoms with Gasteiger partial charge in [-0.15, -0.1) is 0 Å². The second-order valence-corrected chi connectivity index (χ2v) is 14.6. The number of aliphatic hydroxyl groups is 4. The molecule has 1 heterocycles. The van der Waals surface area contributed by atoms with Gasteiger partial charge in [0.15, 0.2) is 23.6 Å². The molecule has 9 atom stereocenters. The van der Waals surface area contributed by atoms with Crippen molar-refractivity contribution in [2.24, 2.45) is 11.3 Å². The minimum absolute atomic E-state index is 0.0366. The molecular formula is C39H43NO13. The molecule has 2 aromatic carbocycles. The topological polar surface area (TPSA) is 215 Å². The van der Waals surface area contributed by atoms with Crippen LogP contribution in [0.2, 0.25) is 0 Å². The average Bonchev–Trinajstić information content (AvgIpc) is 3.10. The summed E-state index contributed by atoms with van der Waals surface area (Å²) < 4.78 is 22.9. The highest BCUT2D eigenvalue weighted by molar-refractivity contribution is 5.99. The Labute approximate surface area is 305 Å². The predicted molar refractivity (Wildman–Crippen MR) is 184 cm³/mol. The summed E-state index contributed by atoms with van der Waals surface area (Å²) in [6, 6.07) is 15.2. The van der Waals surface area contributed by atoms with Crippen LogP contribution in [0.4, 0.5) is 0 Å². The van der Waals surface area contributed by atoms with Gasteiger partial charge in [0.05, 0.1) is 24.7 Å². The Kier molecular flexibility index (Phi) is 9.88. The number of Topliss-reactive ketones (excluding diaryl/α,β-unsaturated/α-hetero) is 1. The fourth-order valence-corrected chi connectivity index (χ4v) is 8.48. The number of hydrogen-bond acceptors (Lipinski definition) is 13. The van der Waals surface area contributed by atoms with Gasteiger partial charge in [-0.25, -0.2) is 4.79 Å². The number of carbonyl (C=O) groups is 5. The molecule has 3 aliphatic carbocycles. The van der Waals surface area contributed by atoms with Gasteiger partial charge >= 0.3 is 17.9 Å². The van der Waals surface area contributed by atoms with Crippen molar-refractivity contribution < 1.29 is 63.3 Å². The Balaban J connectivity index is 1.44. The summed E-state index contributed by atoms with van der Waals surface area (Å²) in [5, 5.41) is 51.3. The number of carbonyl (C=O) groups excluding carboxylic acids is 5. The molecule has 1 amide bonds. The molecule has 0 radical (unpaired) electrons. The summed E-state index contributed by atoms with van der Waals surface area (Å²) >= 11 is 0. The van der Waals surface area contributed by atoms with E-state index in [4.69, 9.17) is 18.9 Å². The summed E-state index contributed by atoms with van der Waals surface area (Å²) in [4.78, 5) is 65.9. The fourth-order valence-electron chi connectivity index (χ4n) is 8.48. The van der Waals surface area contributed by atoms with Crippen LogP contribution in [0, 0.1) is 11.3 Å². The second kappa shape index (κ2) is 13.8. The van der Waals surface area contributed by atoms with Crippen LogP contribution in [-0.4, -0.2) is 98.4 Å². The van der Waals surface area contributed by atoms with Crippen LogP contribution in [0.25, 0.3) is 0 Å². The van der Waals surface area contributed by atoms with Crippen molar-refractivity contribution in [2.45, 2.75) is 95.2 Å². The first-order chi connectivity index (χ1) is 24.9. The zero-order valence-corrected chi connectivity index (χ0v) is 29.9. The third-order valence-corrected chi connectivity index (χ3v) is 11.2. The van der Waals surface area contributed by atoms with Crippen molar-refractivity contribution in [3.63, 3.8) is 0 Å². The molecule has 1 saturated heterocycles. The fraction of sp³-hybridized carbons (Fsp3) is 0.462. The van der Waals surface area contributed by atoms with Crippen LogP contribution < -0.4 is 5.32 Å². The van der Waals surface area contributed by atoms with E-state index in [9.17, 15) is 44.4 Å². The van der Waals surface area contributed by atoms with Crippen LogP contribution in [0.1, 0.15) is 69.4 Å². The van der Waals surface area contributed by atoms with Gasteiger partial charge in [0.2, 0.25) is 0 Å². The van der Waals surface area contributed by atoms with Gasteiger partial charge in [0, 0.05) is 43.2 Å². The molecular weight excluding hydrogens is 690 g/mol. The first-order valence-electron chi connectivity index (χ1n) is 17.3. The molecule has 6 rings (SSSR count). The number of ether oxygens (including phenoxy) is 4. The first-order valence-corrected chi connectivity index (χ1v) is 17.3. The molecule has 282 valence electrons. The van der Waals surface area contributed by atoms with Gasteiger partial charge in [-0.2, -0.15) is 0 Å². The van der Waals surface area contributed by atoms with Crippen LogP contribution in [0.3, 0.4) is 0 Å². The SMILES string of the molecule is CC(=O)O[C@H]1C(O)=C2C(=O)CC3OC[C@@]3(OC(C)=O)C2[C@H](O)[C@]2(O)C[C@H](OC(=O)[C@H](O)[C@@H](NC(=O)c3ccccc3)c3ccccc3)C(C)=C1C2(C)C. The smallest absolute Gasteiger partial charge is 0.338 e. The maximum atomic E-state index is 13.9. The number of hydrogen-bond donors (Lipinski definition) is 5. The molecule has 2 unspecified atom stereocenters. The summed E-state index contributed by atoms with van der Waals surface area (Å²) in [6.07, 6.45) is -8.91. The van der Waals surface area contributed by atoms with Crippen molar-refractivity contribution in [3.05, 3.63) is 94.3 Å². The second-order valence-electron chi connectivity index (χ2n) is 14.6. The molecule has 14 nitrogen and oxygen atoms in total. The Bertz CT molecular complexity index is 1890. The van der Waals surface area contributed by atoms with Gasteiger partial charge in [-0.1, -0.05) is 62.4 Å². The van der Waals surface area contributed by atoms with Crippen molar-refractivity contribution >= 4 is 29.6 Å². The first kappa shape index (κ1) is 37.9. The van der Waals surface area contributed by atoms with E-state index in [0.29, 0.717) is 5.56 Å². The highest BCUT2D eigenvalue weighted by Crippen LogP contribution is 2.60. The molecule has 53 heavy (non-hydrogen) atoms. The molecule has 2 bridgehead atoms. The number of ketones is 1. The number of rotatable bonds is 8. The molecule has 4 aliphatic rings. The van der Waals surface area contributed by atoms with E-state index in [2.05, 4.69) is 5.32 Å². The van der Waals surface area contributed by atoms with Crippen molar-refractivity contribution in [2.75, 3.05) is 6.61 Å². The normalized spacial score (nSPS) is 31.3. The lowest BCUT2D eigenvalue weighted by Crippen LogP contribution is -2.75. The summed E-state index contributed by atoms with van der Waals surface area (Å²) in [7, 11) is 0.